The molecule has 0 radical (unpaired) electrons. The summed E-state index contributed by atoms with van der Waals surface area (Å²) in [6, 6.07) is 0.605. The van der Waals surface area contributed by atoms with Gasteiger partial charge in [0, 0.05) is 24.0 Å². The van der Waals surface area contributed by atoms with Crippen LogP contribution in [0.5, 0.6) is 0 Å². The highest BCUT2D eigenvalue weighted by Gasteiger charge is 2.23. The molecule has 1 aliphatic heterocycles. The van der Waals surface area contributed by atoms with Crippen LogP contribution >= 0.6 is 0 Å². The molecule has 0 aromatic rings. The minimum Gasteiger partial charge on any atom is -0.356 e. The van der Waals surface area contributed by atoms with Gasteiger partial charge < -0.3 is 9.80 Å². The topological polar surface area (TPSA) is 6.48 Å². The molecule has 2 nitrogen and oxygen atoms in total. The van der Waals surface area contributed by atoms with E-state index in [2.05, 4.69) is 56.8 Å². The van der Waals surface area contributed by atoms with Crippen molar-refractivity contribution < 1.29 is 0 Å². The lowest BCUT2D eigenvalue weighted by molar-refractivity contribution is 0.146. The second-order valence-corrected chi connectivity index (χ2v) is 4.69. The van der Waals surface area contributed by atoms with E-state index in [4.69, 9.17) is 0 Å². The first-order valence-electron chi connectivity index (χ1n) is 4.62. The van der Waals surface area contributed by atoms with Gasteiger partial charge >= 0.3 is 0 Å². The van der Waals surface area contributed by atoms with Gasteiger partial charge in [0.15, 0.2) is 0 Å². The van der Waals surface area contributed by atoms with Crippen LogP contribution in [0.2, 0.25) is 0 Å². The molecule has 0 N–H and O–H groups in total. The fourth-order valence-electron chi connectivity index (χ4n) is 1.21. The first-order chi connectivity index (χ1) is 5.41. The summed E-state index contributed by atoms with van der Waals surface area (Å²) in [4.78, 5) is 4.69. The van der Waals surface area contributed by atoms with Crippen molar-refractivity contribution >= 4 is 0 Å². The molecule has 1 aliphatic rings. The predicted octanol–water partition coefficient (Wildman–Crippen LogP) is 2.24. The third-order valence-corrected chi connectivity index (χ3v) is 2.28. The number of nitrogens with zero attached hydrogens (tertiary/aromatic N) is 2. The Morgan fingerprint density at radius 3 is 2.00 bits per heavy atom. The SMILES string of the molecule is CC(C)N1C=CN(C(C)(C)C)C1. The van der Waals surface area contributed by atoms with Gasteiger partial charge in [0.05, 0.1) is 6.67 Å². The zero-order valence-corrected chi connectivity index (χ0v) is 8.83. The van der Waals surface area contributed by atoms with Crippen molar-refractivity contribution in [3.05, 3.63) is 12.4 Å². The maximum Gasteiger partial charge on any atom is 0.0901 e. The smallest absolute Gasteiger partial charge is 0.0901 e. The molecule has 0 saturated heterocycles. The van der Waals surface area contributed by atoms with Gasteiger partial charge in [-0.1, -0.05) is 0 Å². The molecule has 70 valence electrons. The zero-order chi connectivity index (χ0) is 9.35. The maximum atomic E-state index is 2.35. The molecule has 0 unspecified atom stereocenters. The Morgan fingerprint density at radius 2 is 1.75 bits per heavy atom. The highest BCUT2D eigenvalue weighted by molar-refractivity contribution is 4.97. The Hall–Kier alpha value is -0.660. The Kier molecular flexibility index (Phi) is 2.36. The predicted molar refractivity (Wildman–Crippen MR) is 52.6 cm³/mol. The first kappa shape index (κ1) is 9.43. The molecule has 0 fully saturated rings. The average molecular weight is 168 g/mol. The van der Waals surface area contributed by atoms with Crippen molar-refractivity contribution in [1.29, 1.82) is 0 Å². The van der Waals surface area contributed by atoms with Crippen molar-refractivity contribution in [3.63, 3.8) is 0 Å². The van der Waals surface area contributed by atoms with E-state index >= 15 is 0 Å². The van der Waals surface area contributed by atoms with E-state index in [0.29, 0.717) is 6.04 Å². The molecule has 0 saturated carbocycles. The number of rotatable bonds is 1. The third kappa shape index (κ3) is 1.93. The van der Waals surface area contributed by atoms with Crippen LogP contribution in [0, 0.1) is 0 Å². The summed E-state index contributed by atoms with van der Waals surface area (Å²) < 4.78 is 0. The quantitative estimate of drug-likeness (QED) is 0.592. The van der Waals surface area contributed by atoms with Crippen molar-refractivity contribution in [2.75, 3.05) is 6.67 Å². The minimum atomic E-state index is 0.250. The van der Waals surface area contributed by atoms with Gasteiger partial charge in [-0.3, -0.25) is 0 Å². The van der Waals surface area contributed by atoms with Gasteiger partial charge in [0.2, 0.25) is 0 Å². The van der Waals surface area contributed by atoms with Crippen LogP contribution in [-0.2, 0) is 0 Å². The fraction of sp³-hybridized carbons (Fsp3) is 0.800. The lowest BCUT2D eigenvalue weighted by Crippen LogP contribution is -2.40. The second-order valence-electron chi connectivity index (χ2n) is 4.69. The molecule has 1 rings (SSSR count). The number of hydrogen-bond donors (Lipinski definition) is 0. The first-order valence-corrected chi connectivity index (χ1v) is 4.62. The van der Waals surface area contributed by atoms with Crippen LogP contribution in [0.1, 0.15) is 34.6 Å². The Balaban J connectivity index is 2.54. The highest BCUT2D eigenvalue weighted by Crippen LogP contribution is 2.20. The molecule has 12 heavy (non-hydrogen) atoms. The molecule has 0 aliphatic carbocycles. The zero-order valence-electron chi connectivity index (χ0n) is 8.83. The second kappa shape index (κ2) is 3.00. The lowest BCUT2D eigenvalue weighted by Gasteiger charge is -2.34. The van der Waals surface area contributed by atoms with Gasteiger partial charge in [-0.25, -0.2) is 0 Å². The minimum absolute atomic E-state index is 0.250. The van der Waals surface area contributed by atoms with E-state index in [-0.39, 0.29) is 5.54 Å². The van der Waals surface area contributed by atoms with Crippen LogP contribution < -0.4 is 0 Å². The van der Waals surface area contributed by atoms with Crippen molar-refractivity contribution in [2.45, 2.75) is 46.2 Å². The number of hydrogen-bond acceptors (Lipinski definition) is 2. The molecule has 0 aromatic heterocycles. The molecular formula is C10H20N2. The molecule has 0 atom stereocenters. The van der Waals surface area contributed by atoms with Gasteiger partial charge in [-0.2, -0.15) is 0 Å². The van der Waals surface area contributed by atoms with Gasteiger partial charge in [-0.15, -0.1) is 0 Å². The Labute approximate surface area is 75.8 Å². The Morgan fingerprint density at radius 1 is 1.17 bits per heavy atom. The summed E-state index contributed by atoms with van der Waals surface area (Å²) in [6.07, 6.45) is 4.36. The summed E-state index contributed by atoms with van der Waals surface area (Å²) in [5.74, 6) is 0. The van der Waals surface area contributed by atoms with Crippen molar-refractivity contribution in [2.24, 2.45) is 0 Å². The molecule has 1 heterocycles. The highest BCUT2D eigenvalue weighted by atomic mass is 15.4. The van der Waals surface area contributed by atoms with Crippen LogP contribution in [0.3, 0.4) is 0 Å². The summed E-state index contributed by atoms with van der Waals surface area (Å²) in [5.41, 5.74) is 0.250. The van der Waals surface area contributed by atoms with Gasteiger partial charge in [0.1, 0.15) is 0 Å². The van der Waals surface area contributed by atoms with E-state index in [0.717, 1.165) is 6.67 Å². The van der Waals surface area contributed by atoms with Crippen molar-refractivity contribution in [3.8, 4) is 0 Å². The molecule has 0 spiro atoms. The summed E-state index contributed by atoms with van der Waals surface area (Å²) in [6.45, 7) is 12.2. The van der Waals surface area contributed by atoms with Crippen LogP contribution in [0.25, 0.3) is 0 Å². The van der Waals surface area contributed by atoms with Gasteiger partial charge in [0.25, 0.3) is 0 Å². The molecule has 0 amide bonds. The summed E-state index contributed by atoms with van der Waals surface area (Å²) in [7, 11) is 0. The monoisotopic (exact) mass is 168 g/mol. The molecule has 0 aromatic carbocycles. The maximum absolute atomic E-state index is 2.35. The van der Waals surface area contributed by atoms with Crippen LogP contribution in [-0.4, -0.2) is 28.0 Å². The van der Waals surface area contributed by atoms with E-state index in [9.17, 15) is 0 Å². The van der Waals surface area contributed by atoms with Gasteiger partial charge in [-0.05, 0) is 34.6 Å². The molecular weight excluding hydrogens is 148 g/mol. The molecule has 2 heteroatoms. The van der Waals surface area contributed by atoms with E-state index in [1.165, 1.54) is 0 Å². The van der Waals surface area contributed by atoms with Crippen LogP contribution in [0.15, 0.2) is 12.4 Å². The lowest BCUT2D eigenvalue weighted by atomic mass is 10.1. The van der Waals surface area contributed by atoms with E-state index < -0.39 is 0 Å². The van der Waals surface area contributed by atoms with E-state index in [1.54, 1.807) is 0 Å². The Bertz CT molecular complexity index is 177. The fourth-order valence-corrected chi connectivity index (χ4v) is 1.21. The normalized spacial score (nSPS) is 18.2. The average Bonchev–Trinajstić information content (AvgIpc) is 2.30. The standard InChI is InChI=1S/C10H20N2/c1-9(2)11-6-7-12(8-11)10(3,4)5/h6-7,9H,8H2,1-5H3. The summed E-state index contributed by atoms with van der Waals surface area (Å²) >= 11 is 0. The third-order valence-electron chi connectivity index (χ3n) is 2.28. The summed E-state index contributed by atoms with van der Waals surface area (Å²) in [5, 5.41) is 0. The molecule has 0 bridgehead atoms. The largest absolute Gasteiger partial charge is 0.356 e. The van der Waals surface area contributed by atoms with E-state index in [1.807, 2.05) is 0 Å². The van der Waals surface area contributed by atoms with Crippen LogP contribution in [0.4, 0.5) is 0 Å². The van der Waals surface area contributed by atoms with Crippen molar-refractivity contribution in [1.82, 2.24) is 9.80 Å².